The van der Waals surface area contributed by atoms with Crippen LogP contribution in [0, 0.1) is 0 Å². The van der Waals surface area contributed by atoms with Gasteiger partial charge in [-0.2, -0.15) is 0 Å². The van der Waals surface area contributed by atoms with E-state index in [1.165, 1.54) is 19.2 Å². The number of ether oxygens (including phenoxy) is 1. The van der Waals surface area contributed by atoms with Gasteiger partial charge in [0.15, 0.2) is 0 Å². The molecule has 2 aromatic rings. The Hall–Kier alpha value is -1.76. The van der Waals surface area contributed by atoms with Crippen LogP contribution in [0.15, 0.2) is 53.4 Å². The zero-order valence-electron chi connectivity index (χ0n) is 14.0. The first-order valence-corrected chi connectivity index (χ1v) is 10.0. The van der Waals surface area contributed by atoms with Crippen LogP contribution in [0.25, 0.3) is 0 Å². The minimum Gasteiger partial charge on any atom is -0.495 e. The van der Waals surface area contributed by atoms with Crippen LogP contribution in [0.4, 0.5) is 5.69 Å². The Morgan fingerprint density at radius 1 is 1.24 bits per heavy atom. The SMILES string of the molecule is COc1ccc(S(=O)(=O)NCC2CCCN2c2ccccc2)cc1Cl. The van der Waals surface area contributed by atoms with E-state index in [-0.39, 0.29) is 16.0 Å². The van der Waals surface area contributed by atoms with Crippen molar-refractivity contribution in [2.75, 3.05) is 25.1 Å². The van der Waals surface area contributed by atoms with Crippen molar-refractivity contribution < 1.29 is 13.2 Å². The van der Waals surface area contributed by atoms with Gasteiger partial charge < -0.3 is 9.64 Å². The van der Waals surface area contributed by atoms with Crippen molar-refractivity contribution in [2.24, 2.45) is 0 Å². The molecule has 1 saturated heterocycles. The Bertz CT molecular complexity index is 827. The first-order chi connectivity index (χ1) is 12.0. The van der Waals surface area contributed by atoms with Gasteiger partial charge in [0.2, 0.25) is 10.0 Å². The molecule has 1 heterocycles. The van der Waals surface area contributed by atoms with Crippen molar-refractivity contribution in [1.29, 1.82) is 0 Å². The first-order valence-electron chi connectivity index (χ1n) is 8.16. The van der Waals surface area contributed by atoms with E-state index < -0.39 is 10.0 Å². The van der Waals surface area contributed by atoms with Gasteiger partial charge in [0.05, 0.1) is 17.0 Å². The number of rotatable bonds is 6. The van der Waals surface area contributed by atoms with Crippen LogP contribution >= 0.6 is 11.6 Å². The van der Waals surface area contributed by atoms with Gasteiger partial charge in [-0.3, -0.25) is 0 Å². The molecular formula is C18H21ClN2O3S. The Labute approximate surface area is 153 Å². The van der Waals surface area contributed by atoms with Crippen molar-refractivity contribution in [3.05, 3.63) is 53.6 Å². The smallest absolute Gasteiger partial charge is 0.240 e. The second-order valence-electron chi connectivity index (χ2n) is 5.97. The molecule has 5 nitrogen and oxygen atoms in total. The second-order valence-corrected chi connectivity index (χ2v) is 8.15. The summed E-state index contributed by atoms with van der Waals surface area (Å²) in [5, 5.41) is 0.275. The number of para-hydroxylation sites is 1. The summed E-state index contributed by atoms with van der Waals surface area (Å²) in [6.45, 7) is 1.30. The van der Waals surface area contributed by atoms with Crippen LogP contribution < -0.4 is 14.4 Å². The second kappa shape index (κ2) is 7.64. The van der Waals surface area contributed by atoms with E-state index in [0.717, 1.165) is 25.1 Å². The molecule has 0 saturated carbocycles. The van der Waals surface area contributed by atoms with Crippen LogP contribution in [0.1, 0.15) is 12.8 Å². The number of sulfonamides is 1. The molecule has 7 heteroatoms. The predicted molar refractivity (Wildman–Crippen MR) is 100 cm³/mol. The minimum atomic E-state index is -3.62. The van der Waals surface area contributed by atoms with Gasteiger partial charge in [0, 0.05) is 24.8 Å². The van der Waals surface area contributed by atoms with Crippen LogP contribution in [-0.4, -0.2) is 34.7 Å². The minimum absolute atomic E-state index is 0.141. The lowest BCUT2D eigenvalue weighted by Gasteiger charge is -2.27. The third-order valence-electron chi connectivity index (χ3n) is 4.41. The molecule has 0 spiro atoms. The highest BCUT2D eigenvalue weighted by Gasteiger charge is 2.26. The number of anilines is 1. The van der Waals surface area contributed by atoms with Crippen LogP contribution in [0.5, 0.6) is 5.75 Å². The Morgan fingerprint density at radius 2 is 2.00 bits per heavy atom. The van der Waals surface area contributed by atoms with E-state index >= 15 is 0 Å². The van der Waals surface area contributed by atoms with Crippen molar-refractivity contribution in [3.8, 4) is 5.75 Å². The molecule has 1 aliphatic rings. The zero-order chi connectivity index (χ0) is 17.9. The lowest BCUT2D eigenvalue weighted by atomic mass is 10.2. The fourth-order valence-electron chi connectivity index (χ4n) is 3.11. The average molecular weight is 381 g/mol. The lowest BCUT2D eigenvalue weighted by molar-refractivity contribution is 0.414. The van der Waals surface area contributed by atoms with Gasteiger partial charge in [-0.05, 0) is 43.2 Å². The van der Waals surface area contributed by atoms with E-state index in [2.05, 4.69) is 21.8 Å². The summed E-state index contributed by atoms with van der Waals surface area (Å²) in [5.41, 5.74) is 1.12. The number of hydrogen-bond donors (Lipinski definition) is 1. The van der Waals surface area contributed by atoms with Crippen molar-refractivity contribution >= 4 is 27.3 Å². The van der Waals surface area contributed by atoms with Gasteiger partial charge in [-0.25, -0.2) is 13.1 Å². The summed E-state index contributed by atoms with van der Waals surface area (Å²) >= 11 is 6.04. The number of methoxy groups -OCH3 is 1. The molecule has 1 aliphatic heterocycles. The summed E-state index contributed by atoms with van der Waals surface area (Å²) < 4.78 is 32.9. The maximum Gasteiger partial charge on any atom is 0.240 e. The Kier molecular flexibility index (Phi) is 5.51. The number of halogens is 1. The number of benzene rings is 2. The van der Waals surface area contributed by atoms with Gasteiger partial charge in [0.1, 0.15) is 5.75 Å². The molecular weight excluding hydrogens is 360 g/mol. The third-order valence-corrected chi connectivity index (χ3v) is 6.12. The summed E-state index contributed by atoms with van der Waals surface area (Å²) in [5.74, 6) is 0.451. The molecule has 1 N–H and O–H groups in total. The molecule has 1 fully saturated rings. The number of nitrogens with zero attached hydrogens (tertiary/aromatic N) is 1. The molecule has 1 unspecified atom stereocenters. The van der Waals surface area contributed by atoms with Gasteiger partial charge >= 0.3 is 0 Å². The number of hydrogen-bond acceptors (Lipinski definition) is 4. The van der Waals surface area contributed by atoms with E-state index in [9.17, 15) is 8.42 Å². The fourth-order valence-corrected chi connectivity index (χ4v) is 4.53. The monoisotopic (exact) mass is 380 g/mol. The highest BCUT2D eigenvalue weighted by atomic mass is 35.5. The van der Waals surface area contributed by atoms with Crippen molar-refractivity contribution in [1.82, 2.24) is 4.72 Å². The Morgan fingerprint density at radius 3 is 2.68 bits per heavy atom. The molecule has 0 aromatic heterocycles. The summed E-state index contributed by atoms with van der Waals surface area (Å²) in [6.07, 6.45) is 2.01. The summed E-state index contributed by atoms with van der Waals surface area (Å²) in [6, 6.07) is 14.7. The Balaban J connectivity index is 1.70. The number of nitrogens with one attached hydrogen (secondary N) is 1. The predicted octanol–water partition coefficient (Wildman–Crippen LogP) is 3.30. The zero-order valence-corrected chi connectivity index (χ0v) is 15.6. The molecule has 3 rings (SSSR count). The largest absolute Gasteiger partial charge is 0.495 e. The van der Waals surface area contributed by atoms with Gasteiger partial charge in [-0.15, -0.1) is 0 Å². The third kappa shape index (κ3) is 4.08. The molecule has 1 atom stereocenters. The maximum atomic E-state index is 12.6. The van der Waals surface area contributed by atoms with Gasteiger partial charge in [-0.1, -0.05) is 29.8 Å². The van der Waals surface area contributed by atoms with Crippen LogP contribution in [0.3, 0.4) is 0 Å². The summed E-state index contributed by atoms with van der Waals surface area (Å²) in [4.78, 5) is 2.39. The standard InChI is InChI=1S/C18H21ClN2O3S/c1-24-18-10-9-16(12-17(18)19)25(22,23)20-13-15-8-5-11-21(15)14-6-3-2-4-7-14/h2-4,6-7,9-10,12,15,20H,5,8,11,13H2,1H3. The first kappa shape index (κ1) is 18.0. The molecule has 0 amide bonds. The van der Waals surface area contributed by atoms with E-state index in [1.54, 1.807) is 6.07 Å². The van der Waals surface area contributed by atoms with E-state index in [4.69, 9.17) is 16.3 Å². The van der Waals surface area contributed by atoms with Crippen LogP contribution in [-0.2, 0) is 10.0 Å². The molecule has 25 heavy (non-hydrogen) atoms. The molecule has 2 aromatic carbocycles. The fraction of sp³-hybridized carbons (Fsp3) is 0.333. The summed E-state index contributed by atoms with van der Waals surface area (Å²) in [7, 11) is -2.13. The highest BCUT2D eigenvalue weighted by molar-refractivity contribution is 7.89. The van der Waals surface area contributed by atoms with Crippen LogP contribution in [0.2, 0.25) is 5.02 Å². The van der Waals surface area contributed by atoms with Gasteiger partial charge in [0.25, 0.3) is 0 Å². The van der Waals surface area contributed by atoms with Crippen molar-refractivity contribution in [2.45, 2.75) is 23.8 Å². The molecule has 0 aliphatic carbocycles. The maximum absolute atomic E-state index is 12.6. The molecule has 0 bridgehead atoms. The average Bonchev–Trinajstić information content (AvgIpc) is 3.09. The highest BCUT2D eigenvalue weighted by Crippen LogP contribution is 2.28. The van der Waals surface area contributed by atoms with E-state index in [0.29, 0.717) is 12.3 Å². The normalized spacial score (nSPS) is 17.7. The van der Waals surface area contributed by atoms with Crippen molar-refractivity contribution in [3.63, 3.8) is 0 Å². The molecule has 0 radical (unpaired) electrons. The van der Waals surface area contributed by atoms with E-state index in [1.807, 2.05) is 18.2 Å². The quantitative estimate of drug-likeness (QED) is 0.835. The molecule has 134 valence electrons. The topological polar surface area (TPSA) is 58.6 Å². The lowest BCUT2D eigenvalue weighted by Crippen LogP contribution is -2.40.